The summed E-state index contributed by atoms with van der Waals surface area (Å²) in [5, 5.41) is 2.63. The number of amides is 2. The predicted molar refractivity (Wildman–Crippen MR) is 113 cm³/mol. The second-order valence-corrected chi connectivity index (χ2v) is 6.83. The van der Waals surface area contributed by atoms with Crippen molar-refractivity contribution in [3.8, 4) is 17.2 Å². The minimum Gasteiger partial charge on any atom is -0.497 e. The lowest BCUT2D eigenvalue weighted by Crippen LogP contribution is -2.28. The summed E-state index contributed by atoms with van der Waals surface area (Å²) in [4.78, 5) is 38.4. The Morgan fingerprint density at radius 3 is 2.32 bits per heavy atom. The Hall–Kier alpha value is -3.75. The summed E-state index contributed by atoms with van der Waals surface area (Å²) < 4.78 is 20.7. The third-order valence-corrected chi connectivity index (χ3v) is 4.86. The van der Waals surface area contributed by atoms with E-state index in [1.165, 1.54) is 19.1 Å². The first-order chi connectivity index (χ1) is 14.9. The maximum atomic E-state index is 12.5. The van der Waals surface area contributed by atoms with Crippen LogP contribution >= 0.6 is 0 Å². The van der Waals surface area contributed by atoms with E-state index in [-0.39, 0.29) is 18.9 Å². The maximum Gasteiger partial charge on any atom is 0.311 e. The predicted octanol–water partition coefficient (Wildman–Crippen LogP) is 2.25. The van der Waals surface area contributed by atoms with Crippen LogP contribution in [0.2, 0.25) is 0 Å². The van der Waals surface area contributed by atoms with Crippen LogP contribution in [0.25, 0.3) is 0 Å². The first-order valence-electron chi connectivity index (χ1n) is 9.58. The highest BCUT2D eigenvalue weighted by Crippen LogP contribution is 2.36. The smallest absolute Gasteiger partial charge is 0.311 e. The second-order valence-electron chi connectivity index (χ2n) is 6.83. The van der Waals surface area contributed by atoms with Crippen LogP contribution in [0.5, 0.6) is 17.2 Å². The SMILES string of the molecule is COc1ccc(NC(=O)COC(=O)[C@@H]2CC(=O)N(c3ccc(OC)cc3OC)C2)cc1. The van der Waals surface area contributed by atoms with Gasteiger partial charge in [0, 0.05) is 24.7 Å². The van der Waals surface area contributed by atoms with E-state index in [4.69, 9.17) is 18.9 Å². The molecule has 0 aromatic heterocycles. The fourth-order valence-corrected chi connectivity index (χ4v) is 3.23. The van der Waals surface area contributed by atoms with Crippen LogP contribution in [0.4, 0.5) is 11.4 Å². The van der Waals surface area contributed by atoms with Crippen molar-refractivity contribution in [2.45, 2.75) is 6.42 Å². The van der Waals surface area contributed by atoms with E-state index in [9.17, 15) is 14.4 Å². The Bertz CT molecular complexity index is 959. The number of benzene rings is 2. The van der Waals surface area contributed by atoms with Crippen molar-refractivity contribution in [2.75, 3.05) is 44.7 Å². The molecule has 0 saturated carbocycles. The third-order valence-electron chi connectivity index (χ3n) is 4.86. The Balaban J connectivity index is 1.56. The van der Waals surface area contributed by atoms with Gasteiger partial charge in [-0.15, -0.1) is 0 Å². The molecule has 9 nitrogen and oxygen atoms in total. The molecule has 0 radical (unpaired) electrons. The number of nitrogens with zero attached hydrogens (tertiary/aromatic N) is 1. The van der Waals surface area contributed by atoms with Gasteiger partial charge in [-0.2, -0.15) is 0 Å². The van der Waals surface area contributed by atoms with Gasteiger partial charge in [-0.05, 0) is 36.4 Å². The van der Waals surface area contributed by atoms with Crippen LogP contribution in [0.1, 0.15) is 6.42 Å². The van der Waals surface area contributed by atoms with E-state index in [0.717, 1.165) is 0 Å². The number of esters is 1. The highest BCUT2D eigenvalue weighted by atomic mass is 16.5. The van der Waals surface area contributed by atoms with Crippen LogP contribution in [0.3, 0.4) is 0 Å². The number of ether oxygens (including phenoxy) is 4. The van der Waals surface area contributed by atoms with Crippen molar-refractivity contribution in [3.05, 3.63) is 42.5 Å². The summed E-state index contributed by atoms with van der Waals surface area (Å²) >= 11 is 0. The van der Waals surface area contributed by atoms with E-state index >= 15 is 0 Å². The number of anilines is 2. The standard InChI is InChI=1S/C22H24N2O7/c1-28-16-6-4-15(5-7-16)23-20(25)13-31-22(27)14-10-21(26)24(12-14)18-9-8-17(29-2)11-19(18)30-3/h4-9,11,14H,10,12-13H2,1-3H3,(H,23,25)/t14-/m1/s1. The Morgan fingerprint density at radius 2 is 1.68 bits per heavy atom. The summed E-state index contributed by atoms with van der Waals surface area (Å²) in [6.45, 7) is -0.304. The van der Waals surface area contributed by atoms with E-state index in [1.807, 2.05) is 0 Å². The molecule has 1 heterocycles. The first-order valence-corrected chi connectivity index (χ1v) is 9.58. The fraction of sp³-hybridized carbons (Fsp3) is 0.318. The Morgan fingerprint density at radius 1 is 1.00 bits per heavy atom. The molecule has 1 aliphatic rings. The van der Waals surface area contributed by atoms with Gasteiger partial charge in [0.15, 0.2) is 6.61 Å². The van der Waals surface area contributed by atoms with Crippen LogP contribution in [-0.4, -0.2) is 52.3 Å². The molecule has 0 spiro atoms. The zero-order valence-corrected chi connectivity index (χ0v) is 17.5. The monoisotopic (exact) mass is 428 g/mol. The number of carbonyl (C=O) groups excluding carboxylic acids is 3. The minimum absolute atomic E-state index is 0.00584. The molecule has 9 heteroatoms. The zero-order valence-electron chi connectivity index (χ0n) is 17.5. The second kappa shape index (κ2) is 9.84. The lowest BCUT2D eigenvalue weighted by atomic mass is 10.1. The third kappa shape index (κ3) is 5.25. The summed E-state index contributed by atoms with van der Waals surface area (Å²) in [6, 6.07) is 11.8. The molecule has 164 valence electrons. The average Bonchev–Trinajstić information content (AvgIpc) is 3.18. The van der Waals surface area contributed by atoms with Crippen LogP contribution in [-0.2, 0) is 19.1 Å². The van der Waals surface area contributed by atoms with Crippen LogP contribution in [0.15, 0.2) is 42.5 Å². The fourth-order valence-electron chi connectivity index (χ4n) is 3.23. The van der Waals surface area contributed by atoms with Gasteiger partial charge in [0.25, 0.3) is 5.91 Å². The minimum atomic E-state index is -0.673. The van der Waals surface area contributed by atoms with Crippen molar-refractivity contribution >= 4 is 29.2 Å². The highest BCUT2D eigenvalue weighted by molar-refractivity contribution is 6.01. The van der Waals surface area contributed by atoms with Crippen molar-refractivity contribution in [3.63, 3.8) is 0 Å². The van der Waals surface area contributed by atoms with Gasteiger partial charge in [0.1, 0.15) is 17.2 Å². The van der Waals surface area contributed by atoms with Crippen molar-refractivity contribution < 1.29 is 33.3 Å². The Labute approximate surface area is 179 Å². The molecule has 0 unspecified atom stereocenters. The topological polar surface area (TPSA) is 103 Å². The van der Waals surface area contributed by atoms with Gasteiger partial charge in [-0.1, -0.05) is 0 Å². The molecule has 1 N–H and O–H groups in total. The molecular formula is C22H24N2O7. The van der Waals surface area contributed by atoms with Gasteiger partial charge in [0.2, 0.25) is 5.91 Å². The largest absolute Gasteiger partial charge is 0.497 e. The normalized spacial score (nSPS) is 15.4. The van der Waals surface area contributed by atoms with E-state index in [1.54, 1.807) is 49.6 Å². The number of hydrogen-bond acceptors (Lipinski definition) is 7. The lowest BCUT2D eigenvalue weighted by Gasteiger charge is -2.20. The summed E-state index contributed by atoms with van der Waals surface area (Å²) in [6.07, 6.45) is -0.00584. The van der Waals surface area contributed by atoms with Gasteiger partial charge in [-0.3, -0.25) is 14.4 Å². The number of methoxy groups -OCH3 is 3. The molecular weight excluding hydrogens is 404 g/mol. The number of hydrogen-bond donors (Lipinski definition) is 1. The molecule has 3 rings (SSSR count). The van der Waals surface area contributed by atoms with Crippen LogP contribution < -0.4 is 24.4 Å². The molecule has 1 fully saturated rings. The van der Waals surface area contributed by atoms with Gasteiger partial charge >= 0.3 is 5.97 Å². The molecule has 1 saturated heterocycles. The lowest BCUT2D eigenvalue weighted by molar-refractivity contribution is -0.151. The number of carbonyl (C=O) groups is 3. The van der Waals surface area contributed by atoms with Gasteiger partial charge in [0.05, 0.1) is 32.9 Å². The van der Waals surface area contributed by atoms with Crippen LogP contribution in [0, 0.1) is 5.92 Å². The van der Waals surface area contributed by atoms with E-state index < -0.39 is 24.4 Å². The van der Waals surface area contributed by atoms with E-state index in [2.05, 4.69) is 5.32 Å². The molecule has 1 aliphatic heterocycles. The number of rotatable bonds is 8. The average molecular weight is 428 g/mol. The summed E-state index contributed by atoms with van der Waals surface area (Å²) in [5.74, 6) is -0.272. The van der Waals surface area contributed by atoms with Crippen molar-refractivity contribution in [1.29, 1.82) is 0 Å². The number of nitrogens with one attached hydrogen (secondary N) is 1. The van der Waals surface area contributed by atoms with Gasteiger partial charge < -0.3 is 29.2 Å². The Kier molecular flexibility index (Phi) is 6.96. The first kappa shape index (κ1) is 21.9. The summed E-state index contributed by atoms with van der Waals surface area (Å²) in [7, 11) is 4.57. The molecule has 2 aromatic rings. The molecule has 0 aliphatic carbocycles. The highest BCUT2D eigenvalue weighted by Gasteiger charge is 2.37. The quantitative estimate of drug-likeness (QED) is 0.643. The summed E-state index contributed by atoms with van der Waals surface area (Å²) in [5.41, 5.74) is 1.09. The zero-order chi connectivity index (χ0) is 22.4. The van der Waals surface area contributed by atoms with Crippen molar-refractivity contribution in [2.24, 2.45) is 5.92 Å². The molecule has 1 atom stereocenters. The van der Waals surface area contributed by atoms with Gasteiger partial charge in [-0.25, -0.2) is 0 Å². The van der Waals surface area contributed by atoms with Crippen molar-refractivity contribution in [1.82, 2.24) is 0 Å². The molecule has 0 bridgehead atoms. The molecule has 31 heavy (non-hydrogen) atoms. The van der Waals surface area contributed by atoms with E-state index in [0.29, 0.717) is 28.6 Å². The maximum absolute atomic E-state index is 12.5. The molecule has 2 amide bonds. The molecule has 2 aromatic carbocycles.